The smallest absolute Gasteiger partial charge is 0.344 e. The van der Waals surface area contributed by atoms with Crippen molar-refractivity contribution in [3.05, 3.63) is 47.7 Å². The zero-order chi connectivity index (χ0) is 17.0. The molecule has 1 heterocycles. The van der Waals surface area contributed by atoms with Crippen LogP contribution in [0, 0.1) is 6.92 Å². The molecule has 0 aliphatic heterocycles. The number of nitrogens with zero attached hydrogens (tertiary/aromatic N) is 1. The van der Waals surface area contributed by atoms with Crippen molar-refractivity contribution in [2.45, 2.75) is 38.5 Å². The molecule has 0 amide bonds. The lowest BCUT2D eigenvalue weighted by atomic mass is 9.98. The van der Waals surface area contributed by atoms with E-state index in [1.807, 2.05) is 27.7 Å². The van der Waals surface area contributed by atoms with Gasteiger partial charge in [0.2, 0.25) is 5.88 Å². The number of hydrogen-bond acceptors (Lipinski definition) is 5. The van der Waals surface area contributed by atoms with E-state index in [4.69, 9.17) is 8.92 Å². The Morgan fingerprint density at radius 2 is 1.96 bits per heavy atom. The van der Waals surface area contributed by atoms with Crippen LogP contribution in [0.1, 0.15) is 37.8 Å². The predicted octanol–water partition coefficient (Wildman–Crippen LogP) is 3.68. The Morgan fingerprint density at radius 1 is 1.22 bits per heavy atom. The van der Waals surface area contributed by atoms with E-state index in [1.54, 1.807) is 24.3 Å². The predicted molar refractivity (Wildman–Crippen MR) is 88.5 cm³/mol. The maximum atomic E-state index is 12.6. The summed E-state index contributed by atoms with van der Waals surface area (Å²) >= 11 is 0. The first-order valence-corrected chi connectivity index (χ1v) is 8.88. The number of benzene rings is 1. The van der Waals surface area contributed by atoms with Crippen molar-refractivity contribution in [2.75, 3.05) is 6.61 Å². The van der Waals surface area contributed by atoms with Crippen molar-refractivity contribution in [3.8, 4) is 11.6 Å². The fourth-order valence-corrected chi connectivity index (χ4v) is 3.37. The third-order valence-corrected chi connectivity index (χ3v) is 4.60. The lowest BCUT2D eigenvalue weighted by Crippen LogP contribution is -2.13. The van der Waals surface area contributed by atoms with Crippen molar-refractivity contribution in [3.63, 3.8) is 0 Å². The second-order valence-corrected chi connectivity index (χ2v) is 6.96. The van der Waals surface area contributed by atoms with Crippen LogP contribution >= 0.6 is 0 Å². The fraction of sp³-hybridized carbons (Fsp3) is 0.353. The summed E-state index contributed by atoms with van der Waals surface area (Å²) in [4.78, 5) is 3.93. The lowest BCUT2D eigenvalue weighted by Gasteiger charge is -2.16. The Labute approximate surface area is 137 Å². The molecule has 0 radical (unpaired) electrons. The van der Waals surface area contributed by atoms with Gasteiger partial charge < -0.3 is 8.92 Å². The van der Waals surface area contributed by atoms with E-state index in [0.717, 1.165) is 11.1 Å². The number of ether oxygens (including phenoxy) is 1. The van der Waals surface area contributed by atoms with Gasteiger partial charge in [-0.1, -0.05) is 19.9 Å². The fourth-order valence-electron chi connectivity index (χ4n) is 2.32. The minimum Gasteiger partial charge on any atom is -0.492 e. The number of aryl methyl sites for hydroxylation is 1. The number of rotatable bonds is 6. The molecule has 2 aromatic rings. The summed E-state index contributed by atoms with van der Waals surface area (Å²) < 4.78 is 35.9. The summed E-state index contributed by atoms with van der Waals surface area (Å²) in [6.45, 7) is 8.14. The largest absolute Gasteiger partial charge is 0.492 e. The van der Waals surface area contributed by atoms with Crippen molar-refractivity contribution in [1.29, 1.82) is 0 Å². The van der Waals surface area contributed by atoms with Gasteiger partial charge in [-0.05, 0) is 49.1 Å². The van der Waals surface area contributed by atoms with Crippen LogP contribution in [-0.4, -0.2) is 20.0 Å². The first-order valence-electron chi connectivity index (χ1n) is 7.48. The van der Waals surface area contributed by atoms with E-state index in [2.05, 4.69) is 4.98 Å². The average molecular weight is 335 g/mol. The van der Waals surface area contributed by atoms with E-state index in [1.165, 1.54) is 12.3 Å². The van der Waals surface area contributed by atoms with Gasteiger partial charge >= 0.3 is 10.1 Å². The molecule has 0 aliphatic carbocycles. The molecular formula is C17H21NO4S. The molecule has 0 atom stereocenters. The molecule has 6 heteroatoms. The molecule has 0 saturated carbocycles. The summed E-state index contributed by atoms with van der Waals surface area (Å²) in [6.07, 6.45) is 1.48. The molecule has 0 unspecified atom stereocenters. The Kier molecular flexibility index (Phi) is 5.26. The molecule has 1 aromatic carbocycles. The van der Waals surface area contributed by atoms with Gasteiger partial charge in [-0.3, -0.25) is 0 Å². The molecule has 5 nitrogen and oxygen atoms in total. The number of pyridine rings is 1. The summed E-state index contributed by atoms with van der Waals surface area (Å²) in [6, 6.07) is 8.22. The third-order valence-electron chi connectivity index (χ3n) is 3.36. The summed E-state index contributed by atoms with van der Waals surface area (Å²) in [5.74, 6) is 0.515. The average Bonchev–Trinajstić information content (AvgIpc) is 2.47. The van der Waals surface area contributed by atoms with Gasteiger partial charge in [0, 0.05) is 12.3 Å². The second-order valence-electron chi connectivity index (χ2n) is 5.45. The minimum absolute atomic E-state index is 0.0271. The normalized spacial score (nSPS) is 11.5. The zero-order valence-electron chi connectivity index (χ0n) is 13.7. The molecule has 124 valence electrons. The van der Waals surface area contributed by atoms with Crippen LogP contribution in [0.3, 0.4) is 0 Å². The summed E-state index contributed by atoms with van der Waals surface area (Å²) in [5, 5.41) is 0. The van der Waals surface area contributed by atoms with Crippen LogP contribution in [0.25, 0.3) is 0 Å². The molecule has 0 bridgehead atoms. The molecule has 0 aliphatic rings. The lowest BCUT2D eigenvalue weighted by molar-refractivity contribution is 0.329. The van der Waals surface area contributed by atoms with Crippen LogP contribution in [0.2, 0.25) is 0 Å². The Balaban J connectivity index is 2.52. The van der Waals surface area contributed by atoms with E-state index in [-0.39, 0.29) is 16.7 Å². The van der Waals surface area contributed by atoms with Crippen LogP contribution in [0.5, 0.6) is 11.6 Å². The number of aromatic nitrogens is 1. The highest BCUT2D eigenvalue weighted by Gasteiger charge is 2.25. The number of hydrogen-bond donors (Lipinski definition) is 0. The van der Waals surface area contributed by atoms with E-state index in [0.29, 0.717) is 12.4 Å². The monoisotopic (exact) mass is 335 g/mol. The topological polar surface area (TPSA) is 65.5 Å². The molecule has 0 N–H and O–H groups in total. The summed E-state index contributed by atoms with van der Waals surface area (Å²) in [5.41, 5.74) is 1.93. The van der Waals surface area contributed by atoms with Crippen molar-refractivity contribution in [1.82, 2.24) is 4.98 Å². The van der Waals surface area contributed by atoms with E-state index >= 15 is 0 Å². The third kappa shape index (κ3) is 4.01. The van der Waals surface area contributed by atoms with Gasteiger partial charge in [-0.25, -0.2) is 4.98 Å². The van der Waals surface area contributed by atoms with Crippen molar-refractivity contribution < 1.29 is 17.3 Å². The highest BCUT2D eigenvalue weighted by Crippen LogP contribution is 2.32. The maximum absolute atomic E-state index is 12.6. The first kappa shape index (κ1) is 17.3. The SMILES string of the molecule is CCOc1cc(C)c(C(C)C)cc1S(=O)(=O)Oc1ccccn1. The van der Waals surface area contributed by atoms with Gasteiger partial charge in [0.25, 0.3) is 0 Å². The zero-order valence-corrected chi connectivity index (χ0v) is 14.6. The van der Waals surface area contributed by atoms with E-state index in [9.17, 15) is 8.42 Å². The quantitative estimate of drug-likeness (QED) is 0.753. The Morgan fingerprint density at radius 3 is 2.52 bits per heavy atom. The molecule has 0 spiro atoms. The molecule has 2 rings (SSSR count). The van der Waals surface area contributed by atoms with Crippen LogP contribution in [0.15, 0.2) is 41.4 Å². The van der Waals surface area contributed by atoms with Crippen LogP contribution in [-0.2, 0) is 10.1 Å². The summed E-state index contributed by atoms with van der Waals surface area (Å²) in [7, 11) is -4.03. The van der Waals surface area contributed by atoms with Crippen LogP contribution < -0.4 is 8.92 Å². The maximum Gasteiger partial charge on any atom is 0.344 e. The molecule has 0 fully saturated rings. The van der Waals surface area contributed by atoms with Gasteiger partial charge in [0.05, 0.1) is 6.61 Å². The standard InChI is InChI=1S/C17H21NO4S/c1-5-21-15-10-13(4)14(12(2)3)11-16(15)23(19,20)22-17-8-6-7-9-18-17/h6-12H,5H2,1-4H3. The van der Waals surface area contributed by atoms with Crippen molar-refractivity contribution in [2.24, 2.45) is 0 Å². The van der Waals surface area contributed by atoms with Gasteiger partial charge in [-0.15, -0.1) is 0 Å². The highest BCUT2D eigenvalue weighted by molar-refractivity contribution is 7.87. The highest BCUT2D eigenvalue weighted by atomic mass is 32.2. The molecule has 1 aromatic heterocycles. The van der Waals surface area contributed by atoms with Crippen LogP contribution in [0.4, 0.5) is 0 Å². The van der Waals surface area contributed by atoms with Gasteiger partial charge in [0.15, 0.2) is 0 Å². The Bertz CT molecular complexity index is 771. The minimum atomic E-state index is -4.03. The second kappa shape index (κ2) is 7.00. The first-order chi connectivity index (χ1) is 10.8. The van der Waals surface area contributed by atoms with E-state index < -0.39 is 10.1 Å². The van der Waals surface area contributed by atoms with Gasteiger partial charge in [0.1, 0.15) is 10.6 Å². The Hall–Kier alpha value is -2.08. The molecule has 0 saturated heterocycles. The molecule has 23 heavy (non-hydrogen) atoms. The van der Waals surface area contributed by atoms with Crippen molar-refractivity contribution >= 4 is 10.1 Å². The van der Waals surface area contributed by atoms with Gasteiger partial charge in [-0.2, -0.15) is 8.42 Å². The molecular weight excluding hydrogens is 314 g/mol.